The minimum absolute atomic E-state index is 0.258. The van der Waals surface area contributed by atoms with Gasteiger partial charge in [0.05, 0.1) is 30.5 Å². The van der Waals surface area contributed by atoms with E-state index in [-0.39, 0.29) is 6.42 Å². The number of hydrogen-bond donors (Lipinski definition) is 5. The van der Waals surface area contributed by atoms with E-state index in [0.717, 1.165) is 6.42 Å². The average Bonchev–Trinajstić information content (AvgIpc) is 2.38. The highest BCUT2D eigenvalue weighted by molar-refractivity contribution is 4.69. The second-order valence-electron chi connectivity index (χ2n) is 6.10. The third-order valence-corrected chi connectivity index (χ3v) is 3.80. The van der Waals surface area contributed by atoms with Gasteiger partial charge in [0.15, 0.2) is 0 Å². The predicted molar refractivity (Wildman–Crippen MR) is 82.9 cm³/mol. The number of hydrogen-bond acceptors (Lipinski definition) is 5. The van der Waals surface area contributed by atoms with E-state index >= 15 is 0 Å². The fourth-order valence-electron chi connectivity index (χ4n) is 2.48. The van der Waals surface area contributed by atoms with Gasteiger partial charge in [-0.2, -0.15) is 0 Å². The summed E-state index contributed by atoms with van der Waals surface area (Å²) in [6.07, 6.45) is 2.01. The molecule has 5 N–H and O–H groups in total. The van der Waals surface area contributed by atoms with Crippen LogP contribution in [0.15, 0.2) is 0 Å². The van der Waals surface area contributed by atoms with Crippen LogP contribution in [0.4, 0.5) is 0 Å². The molecule has 5 heteroatoms. The zero-order valence-electron chi connectivity index (χ0n) is 13.5. The van der Waals surface area contributed by atoms with Gasteiger partial charge in [0.2, 0.25) is 0 Å². The van der Waals surface area contributed by atoms with E-state index in [4.69, 9.17) is 0 Å². The zero-order chi connectivity index (χ0) is 16.3. The molecule has 0 saturated carbocycles. The molecule has 0 radical (unpaired) electrons. The van der Waals surface area contributed by atoms with E-state index in [0.29, 0.717) is 44.9 Å². The average molecular weight is 306 g/mol. The van der Waals surface area contributed by atoms with Gasteiger partial charge in [-0.3, -0.25) is 0 Å². The SMILES string of the molecule is CCCC(O)CC(O)CC(O)CCCC(O)CC(O)CC. The third-order valence-electron chi connectivity index (χ3n) is 3.80. The van der Waals surface area contributed by atoms with Crippen LogP contribution in [0.5, 0.6) is 0 Å². The quantitative estimate of drug-likeness (QED) is 0.353. The largest absolute Gasteiger partial charge is 0.393 e. The molecule has 21 heavy (non-hydrogen) atoms. The molecule has 0 fully saturated rings. The van der Waals surface area contributed by atoms with Gasteiger partial charge in [0, 0.05) is 0 Å². The van der Waals surface area contributed by atoms with Crippen LogP contribution < -0.4 is 0 Å². The van der Waals surface area contributed by atoms with Crippen LogP contribution >= 0.6 is 0 Å². The highest BCUT2D eigenvalue weighted by Crippen LogP contribution is 2.15. The van der Waals surface area contributed by atoms with Crippen molar-refractivity contribution >= 4 is 0 Å². The van der Waals surface area contributed by atoms with E-state index in [1.54, 1.807) is 0 Å². The van der Waals surface area contributed by atoms with Gasteiger partial charge in [-0.05, 0) is 51.4 Å². The molecule has 0 aromatic rings. The maximum absolute atomic E-state index is 9.83. The monoisotopic (exact) mass is 306 g/mol. The van der Waals surface area contributed by atoms with Crippen molar-refractivity contribution < 1.29 is 25.5 Å². The first kappa shape index (κ1) is 20.8. The predicted octanol–water partition coefficient (Wildman–Crippen LogP) is 1.34. The summed E-state index contributed by atoms with van der Waals surface area (Å²) in [7, 11) is 0. The van der Waals surface area contributed by atoms with E-state index in [1.807, 2.05) is 13.8 Å². The Kier molecular flexibility index (Phi) is 12.2. The number of aliphatic hydroxyl groups excluding tert-OH is 5. The minimum Gasteiger partial charge on any atom is -0.393 e. The van der Waals surface area contributed by atoms with Crippen molar-refractivity contribution in [2.75, 3.05) is 0 Å². The molecule has 0 aromatic carbocycles. The summed E-state index contributed by atoms with van der Waals surface area (Å²) in [5, 5.41) is 48.3. The van der Waals surface area contributed by atoms with Gasteiger partial charge in [-0.1, -0.05) is 20.3 Å². The van der Waals surface area contributed by atoms with Gasteiger partial charge in [-0.25, -0.2) is 0 Å². The van der Waals surface area contributed by atoms with Crippen LogP contribution in [0.25, 0.3) is 0 Å². The molecule has 0 amide bonds. The fourth-order valence-corrected chi connectivity index (χ4v) is 2.48. The Morgan fingerprint density at radius 1 is 0.571 bits per heavy atom. The van der Waals surface area contributed by atoms with Crippen molar-refractivity contribution in [2.45, 2.75) is 102 Å². The van der Waals surface area contributed by atoms with E-state index in [9.17, 15) is 25.5 Å². The number of aliphatic hydroxyl groups is 5. The lowest BCUT2D eigenvalue weighted by atomic mass is 9.98. The molecule has 0 heterocycles. The molecule has 128 valence electrons. The van der Waals surface area contributed by atoms with Crippen LogP contribution in [-0.4, -0.2) is 56.1 Å². The molecule has 0 spiro atoms. The molecule has 0 bridgehead atoms. The Morgan fingerprint density at radius 2 is 1.00 bits per heavy atom. The molecule has 5 nitrogen and oxygen atoms in total. The maximum atomic E-state index is 9.83. The topological polar surface area (TPSA) is 101 Å². The van der Waals surface area contributed by atoms with Gasteiger partial charge >= 0.3 is 0 Å². The van der Waals surface area contributed by atoms with Crippen LogP contribution in [0.2, 0.25) is 0 Å². The van der Waals surface area contributed by atoms with Crippen molar-refractivity contribution in [1.29, 1.82) is 0 Å². The fraction of sp³-hybridized carbons (Fsp3) is 1.00. The standard InChI is InChI=1S/C16H34O5/c1-3-6-13(18)10-16(21)11-15(20)8-5-7-14(19)9-12(17)4-2/h12-21H,3-11H2,1-2H3. The molecule has 0 rings (SSSR count). The number of rotatable bonds is 13. The second kappa shape index (κ2) is 12.4. The lowest BCUT2D eigenvalue weighted by Crippen LogP contribution is -2.23. The first-order valence-corrected chi connectivity index (χ1v) is 8.29. The summed E-state index contributed by atoms with van der Waals surface area (Å²) < 4.78 is 0. The van der Waals surface area contributed by atoms with Gasteiger partial charge in [-0.15, -0.1) is 0 Å². The smallest absolute Gasteiger partial charge is 0.0589 e. The van der Waals surface area contributed by atoms with E-state index in [1.165, 1.54) is 0 Å². The van der Waals surface area contributed by atoms with Gasteiger partial charge in [0.1, 0.15) is 0 Å². The van der Waals surface area contributed by atoms with Crippen LogP contribution in [0, 0.1) is 0 Å². The molecule has 0 aliphatic heterocycles. The Hall–Kier alpha value is -0.200. The van der Waals surface area contributed by atoms with Crippen LogP contribution in [-0.2, 0) is 0 Å². The summed E-state index contributed by atoms with van der Waals surface area (Å²) in [6, 6.07) is 0. The van der Waals surface area contributed by atoms with Crippen LogP contribution in [0.3, 0.4) is 0 Å². The maximum Gasteiger partial charge on any atom is 0.0589 e. The highest BCUT2D eigenvalue weighted by atomic mass is 16.3. The van der Waals surface area contributed by atoms with E-state index in [2.05, 4.69) is 0 Å². The Bertz CT molecular complexity index is 237. The minimum atomic E-state index is -0.687. The lowest BCUT2D eigenvalue weighted by molar-refractivity contribution is 0.0315. The second-order valence-corrected chi connectivity index (χ2v) is 6.10. The van der Waals surface area contributed by atoms with Crippen molar-refractivity contribution in [3.8, 4) is 0 Å². The summed E-state index contributed by atoms with van der Waals surface area (Å²) in [5.41, 5.74) is 0. The zero-order valence-corrected chi connectivity index (χ0v) is 13.5. The molecule has 5 unspecified atom stereocenters. The summed E-state index contributed by atoms with van der Waals surface area (Å²) in [6.45, 7) is 3.85. The first-order valence-electron chi connectivity index (χ1n) is 8.29. The summed E-state index contributed by atoms with van der Waals surface area (Å²) in [4.78, 5) is 0. The Labute approximate surface area is 128 Å². The van der Waals surface area contributed by atoms with Gasteiger partial charge in [0.25, 0.3) is 0 Å². The first-order chi connectivity index (χ1) is 9.88. The third kappa shape index (κ3) is 12.1. The Morgan fingerprint density at radius 3 is 1.43 bits per heavy atom. The molecule has 0 aromatic heterocycles. The molecule has 0 aliphatic rings. The molecule has 5 atom stereocenters. The van der Waals surface area contributed by atoms with Crippen molar-refractivity contribution in [3.05, 3.63) is 0 Å². The lowest BCUT2D eigenvalue weighted by Gasteiger charge is -2.19. The van der Waals surface area contributed by atoms with Crippen molar-refractivity contribution in [3.63, 3.8) is 0 Å². The summed E-state index contributed by atoms with van der Waals surface area (Å²) in [5.74, 6) is 0. The summed E-state index contributed by atoms with van der Waals surface area (Å²) >= 11 is 0. The molecule has 0 aliphatic carbocycles. The normalized spacial score (nSPS) is 19.0. The Balaban J connectivity index is 3.72. The van der Waals surface area contributed by atoms with Crippen molar-refractivity contribution in [1.82, 2.24) is 0 Å². The van der Waals surface area contributed by atoms with Crippen LogP contribution in [0.1, 0.15) is 71.6 Å². The molecular formula is C16H34O5. The molecule has 0 saturated heterocycles. The van der Waals surface area contributed by atoms with Gasteiger partial charge < -0.3 is 25.5 Å². The molecular weight excluding hydrogens is 272 g/mol. The highest BCUT2D eigenvalue weighted by Gasteiger charge is 2.16. The van der Waals surface area contributed by atoms with E-state index < -0.39 is 30.5 Å². The van der Waals surface area contributed by atoms with Crippen molar-refractivity contribution in [2.24, 2.45) is 0 Å².